The maximum Gasteiger partial charge on any atom is 0.191 e. The number of aliphatic imine (C=N–C) groups is 1. The topological polar surface area (TPSA) is 48.9 Å². The monoisotopic (exact) mass is 498 g/mol. The van der Waals surface area contributed by atoms with Gasteiger partial charge >= 0.3 is 0 Å². The second kappa shape index (κ2) is 13.0. The first kappa shape index (κ1) is 22.8. The Morgan fingerprint density at radius 3 is 2.76 bits per heavy atom. The minimum absolute atomic E-state index is 0. The minimum atomic E-state index is 0. The first-order chi connectivity index (χ1) is 11.7. The van der Waals surface area contributed by atoms with Crippen LogP contribution in [0.2, 0.25) is 5.02 Å². The smallest absolute Gasteiger partial charge is 0.191 e. The van der Waals surface area contributed by atoms with E-state index in [1.165, 1.54) is 5.56 Å². The zero-order chi connectivity index (χ0) is 17.2. The highest BCUT2D eigenvalue weighted by Crippen LogP contribution is 2.23. The Morgan fingerprint density at radius 1 is 1.36 bits per heavy atom. The van der Waals surface area contributed by atoms with E-state index in [9.17, 15) is 0 Å². The van der Waals surface area contributed by atoms with Crippen molar-refractivity contribution in [3.8, 4) is 0 Å². The van der Waals surface area contributed by atoms with Crippen LogP contribution in [-0.2, 0) is 4.74 Å². The number of hydrogen-bond donors (Lipinski definition) is 2. The molecule has 1 aliphatic rings. The standard InChI is InChI=1S/C17H27ClN4OS.HI/c1-19-17(20-6-11-24-2)21-13-16(22-7-9-23-10-8-22)14-4-3-5-15(18)12-14;/h3-5,12,16H,6-11,13H2,1-2H3,(H2,19,20,21);1H. The van der Waals surface area contributed by atoms with Gasteiger partial charge < -0.3 is 15.4 Å². The molecule has 1 aromatic carbocycles. The number of rotatable bonds is 7. The zero-order valence-electron chi connectivity index (χ0n) is 14.8. The molecule has 0 amide bonds. The summed E-state index contributed by atoms with van der Waals surface area (Å²) in [6.07, 6.45) is 2.10. The third-order valence-corrected chi connectivity index (χ3v) is 4.85. The van der Waals surface area contributed by atoms with Crippen LogP contribution in [0.25, 0.3) is 0 Å². The molecule has 0 aliphatic carbocycles. The molecule has 0 spiro atoms. The molecule has 1 fully saturated rings. The zero-order valence-corrected chi connectivity index (χ0v) is 18.7. The van der Waals surface area contributed by atoms with Crippen molar-refractivity contribution < 1.29 is 4.74 Å². The average Bonchev–Trinajstić information content (AvgIpc) is 2.61. The van der Waals surface area contributed by atoms with Gasteiger partial charge in [-0.25, -0.2) is 0 Å². The van der Waals surface area contributed by atoms with Crippen LogP contribution in [0.15, 0.2) is 29.3 Å². The SMILES string of the molecule is CN=C(NCCSC)NCC(c1cccc(Cl)c1)N1CCOCC1.I. The number of ether oxygens (including phenoxy) is 1. The normalized spacial score (nSPS) is 16.8. The van der Waals surface area contributed by atoms with Crippen LogP contribution in [0.5, 0.6) is 0 Å². The van der Waals surface area contributed by atoms with Crippen molar-refractivity contribution in [1.82, 2.24) is 15.5 Å². The maximum atomic E-state index is 6.20. The summed E-state index contributed by atoms with van der Waals surface area (Å²) in [4.78, 5) is 6.75. The highest BCUT2D eigenvalue weighted by atomic mass is 127. The van der Waals surface area contributed by atoms with Gasteiger partial charge in [-0.3, -0.25) is 9.89 Å². The van der Waals surface area contributed by atoms with Crippen LogP contribution in [-0.4, -0.2) is 69.3 Å². The van der Waals surface area contributed by atoms with E-state index in [0.717, 1.165) is 56.1 Å². The number of nitrogens with one attached hydrogen (secondary N) is 2. The molecule has 0 aromatic heterocycles. The summed E-state index contributed by atoms with van der Waals surface area (Å²) in [5.41, 5.74) is 1.22. The molecule has 25 heavy (non-hydrogen) atoms. The minimum Gasteiger partial charge on any atom is -0.379 e. The Labute approximate surface area is 177 Å². The first-order valence-corrected chi connectivity index (χ1v) is 10.0. The Kier molecular flexibility index (Phi) is 11.9. The second-order valence-corrected chi connectivity index (χ2v) is 7.01. The van der Waals surface area contributed by atoms with Crippen molar-refractivity contribution in [2.75, 3.05) is 58.4 Å². The number of hydrogen-bond acceptors (Lipinski definition) is 4. The van der Waals surface area contributed by atoms with E-state index in [4.69, 9.17) is 16.3 Å². The predicted octanol–water partition coefficient (Wildman–Crippen LogP) is 2.86. The highest BCUT2D eigenvalue weighted by Gasteiger charge is 2.23. The van der Waals surface area contributed by atoms with E-state index in [2.05, 4.69) is 32.8 Å². The van der Waals surface area contributed by atoms with E-state index >= 15 is 0 Å². The summed E-state index contributed by atoms with van der Waals surface area (Å²) >= 11 is 8.02. The van der Waals surface area contributed by atoms with Crippen molar-refractivity contribution in [2.24, 2.45) is 4.99 Å². The van der Waals surface area contributed by atoms with E-state index < -0.39 is 0 Å². The lowest BCUT2D eigenvalue weighted by Crippen LogP contribution is -2.46. The summed E-state index contributed by atoms with van der Waals surface area (Å²) in [5, 5.41) is 7.56. The Bertz CT molecular complexity index is 529. The molecule has 0 radical (unpaired) electrons. The lowest BCUT2D eigenvalue weighted by Gasteiger charge is -2.35. The van der Waals surface area contributed by atoms with Crippen molar-refractivity contribution >= 4 is 53.3 Å². The fourth-order valence-corrected chi connectivity index (χ4v) is 3.25. The largest absolute Gasteiger partial charge is 0.379 e. The summed E-state index contributed by atoms with van der Waals surface area (Å²) in [5.74, 6) is 1.89. The predicted molar refractivity (Wildman–Crippen MR) is 120 cm³/mol. The molecule has 1 heterocycles. The highest BCUT2D eigenvalue weighted by molar-refractivity contribution is 14.0. The van der Waals surface area contributed by atoms with Crippen LogP contribution < -0.4 is 10.6 Å². The van der Waals surface area contributed by atoms with Gasteiger partial charge in [0.2, 0.25) is 0 Å². The molecular formula is C17H28ClIN4OS. The van der Waals surface area contributed by atoms with E-state index in [0.29, 0.717) is 0 Å². The third-order valence-electron chi connectivity index (χ3n) is 4.00. The van der Waals surface area contributed by atoms with Gasteiger partial charge in [-0.15, -0.1) is 24.0 Å². The molecule has 2 N–H and O–H groups in total. The van der Waals surface area contributed by atoms with Crippen LogP contribution in [0.3, 0.4) is 0 Å². The molecule has 1 aromatic rings. The number of morpholine rings is 1. The van der Waals surface area contributed by atoms with Gasteiger partial charge in [0, 0.05) is 44.0 Å². The molecule has 5 nitrogen and oxygen atoms in total. The number of thioether (sulfide) groups is 1. The third kappa shape index (κ3) is 7.90. The average molecular weight is 499 g/mol. The molecule has 2 rings (SSSR count). The lowest BCUT2D eigenvalue weighted by molar-refractivity contribution is 0.0170. The quantitative estimate of drug-likeness (QED) is 0.262. The van der Waals surface area contributed by atoms with Gasteiger partial charge in [-0.2, -0.15) is 11.8 Å². The van der Waals surface area contributed by atoms with Crippen molar-refractivity contribution in [1.29, 1.82) is 0 Å². The van der Waals surface area contributed by atoms with Gasteiger partial charge in [-0.1, -0.05) is 23.7 Å². The van der Waals surface area contributed by atoms with Gasteiger partial charge in [-0.05, 0) is 24.0 Å². The second-order valence-electron chi connectivity index (χ2n) is 5.59. The van der Waals surface area contributed by atoms with E-state index in [1.54, 1.807) is 7.05 Å². The van der Waals surface area contributed by atoms with Crippen molar-refractivity contribution in [3.63, 3.8) is 0 Å². The fourth-order valence-electron chi connectivity index (χ4n) is 2.75. The molecular weight excluding hydrogens is 471 g/mol. The van der Waals surface area contributed by atoms with Crippen LogP contribution in [0.4, 0.5) is 0 Å². The van der Waals surface area contributed by atoms with Gasteiger partial charge in [0.25, 0.3) is 0 Å². The first-order valence-electron chi connectivity index (χ1n) is 8.25. The number of nitrogens with zero attached hydrogens (tertiary/aromatic N) is 2. The van der Waals surface area contributed by atoms with Gasteiger partial charge in [0.1, 0.15) is 0 Å². The van der Waals surface area contributed by atoms with E-state index in [1.807, 2.05) is 30.0 Å². The Morgan fingerprint density at radius 2 is 2.12 bits per heavy atom. The van der Waals surface area contributed by atoms with Crippen LogP contribution >= 0.6 is 47.3 Å². The summed E-state index contributed by atoms with van der Waals surface area (Å²) in [7, 11) is 1.80. The Balaban J connectivity index is 0.00000312. The number of benzene rings is 1. The van der Waals surface area contributed by atoms with Gasteiger partial charge in [0.05, 0.1) is 19.3 Å². The molecule has 1 unspecified atom stereocenters. The lowest BCUT2D eigenvalue weighted by atomic mass is 10.0. The Hall–Kier alpha value is -0.220. The summed E-state index contributed by atoms with van der Waals surface area (Å²) in [6.45, 7) is 5.09. The van der Waals surface area contributed by atoms with E-state index in [-0.39, 0.29) is 30.0 Å². The molecule has 1 aliphatic heterocycles. The van der Waals surface area contributed by atoms with Gasteiger partial charge in [0.15, 0.2) is 5.96 Å². The van der Waals surface area contributed by atoms with Crippen molar-refractivity contribution in [3.05, 3.63) is 34.9 Å². The molecule has 142 valence electrons. The molecule has 1 atom stereocenters. The number of halogens is 2. The molecule has 8 heteroatoms. The molecule has 0 saturated carbocycles. The van der Waals surface area contributed by atoms with Crippen molar-refractivity contribution in [2.45, 2.75) is 6.04 Å². The summed E-state index contributed by atoms with van der Waals surface area (Å²) < 4.78 is 5.50. The van der Waals surface area contributed by atoms with Crippen LogP contribution in [0.1, 0.15) is 11.6 Å². The summed E-state index contributed by atoms with van der Waals surface area (Å²) in [6, 6.07) is 8.35. The maximum absolute atomic E-state index is 6.20. The number of guanidine groups is 1. The fraction of sp³-hybridized carbons (Fsp3) is 0.588. The molecule has 1 saturated heterocycles. The molecule has 0 bridgehead atoms. The van der Waals surface area contributed by atoms with Crippen LogP contribution in [0, 0.1) is 0 Å².